The van der Waals surface area contributed by atoms with Crippen molar-refractivity contribution in [3.8, 4) is 0 Å². The van der Waals surface area contributed by atoms with Gasteiger partial charge in [-0.3, -0.25) is 4.90 Å². The van der Waals surface area contributed by atoms with E-state index in [1.165, 1.54) is 0 Å². The van der Waals surface area contributed by atoms with Crippen LogP contribution in [0, 0.1) is 11.6 Å². The van der Waals surface area contributed by atoms with Crippen LogP contribution in [0.3, 0.4) is 0 Å². The molecule has 4 nitrogen and oxygen atoms in total. The van der Waals surface area contributed by atoms with E-state index in [1.807, 2.05) is 4.90 Å². The normalized spacial score (nSPS) is 17.8. The van der Waals surface area contributed by atoms with Gasteiger partial charge in [0.1, 0.15) is 5.82 Å². The minimum Gasteiger partial charge on any atom is -0.395 e. The van der Waals surface area contributed by atoms with Gasteiger partial charge >= 0.3 is 0 Å². The lowest BCUT2D eigenvalue weighted by atomic mass is 10.3. The Balaban J connectivity index is 2.05. The Labute approximate surface area is 105 Å². The number of hydrogen-bond donors (Lipinski definition) is 1. The molecule has 1 aliphatic heterocycles. The summed E-state index contributed by atoms with van der Waals surface area (Å²) in [6.45, 7) is 3.71. The molecule has 0 aromatic carbocycles. The first-order valence-electron chi connectivity index (χ1n) is 6.10. The third-order valence-corrected chi connectivity index (χ3v) is 3.09. The fraction of sp³-hybridized carbons (Fsp3) is 0.583. The minimum absolute atomic E-state index is 0.128. The van der Waals surface area contributed by atoms with E-state index in [2.05, 4.69) is 9.88 Å². The smallest absolute Gasteiger partial charge is 0.168 e. The molecule has 0 spiro atoms. The van der Waals surface area contributed by atoms with Crippen molar-refractivity contribution in [2.75, 3.05) is 44.2 Å². The van der Waals surface area contributed by atoms with Crippen LogP contribution in [0.25, 0.3) is 0 Å². The van der Waals surface area contributed by atoms with Crippen LogP contribution in [-0.4, -0.2) is 54.3 Å². The van der Waals surface area contributed by atoms with Gasteiger partial charge in [0.15, 0.2) is 11.6 Å². The van der Waals surface area contributed by atoms with Crippen LogP contribution >= 0.6 is 0 Å². The average molecular weight is 257 g/mol. The van der Waals surface area contributed by atoms with Crippen LogP contribution in [0.1, 0.15) is 6.42 Å². The van der Waals surface area contributed by atoms with Crippen molar-refractivity contribution in [3.63, 3.8) is 0 Å². The molecule has 18 heavy (non-hydrogen) atoms. The first-order valence-corrected chi connectivity index (χ1v) is 6.10. The van der Waals surface area contributed by atoms with Crippen LogP contribution in [-0.2, 0) is 0 Å². The maximum Gasteiger partial charge on any atom is 0.168 e. The Morgan fingerprint density at radius 2 is 2.06 bits per heavy atom. The van der Waals surface area contributed by atoms with Gasteiger partial charge in [-0.15, -0.1) is 0 Å². The zero-order valence-electron chi connectivity index (χ0n) is 10.1. The number of nitrogens with zero attached hydrogens (tertiary/aromatic N) is 3. The molecule has 2 rings (SSSR count). The van der Waals surface area contributed by atoms with Gasteiger partial charge in [0, 0.05) is 32.2 Å². The Kier molecular flexibility index (Phi) is 4.43. The molecule has 2 heterocycles. The lowest BCUT2D eigenvalue weighted by Crippen LogP contribution is -2.33. The number of pyridine rings is 1. The fourth-order valence-corrected chi connectivity index (χ4v) is 2.19. The van der Waals surface area contributed by atoms with Gasteiger partial charge in [0.25, 0.3) is 0 Å². The van der Waals surface area contributed by atoms with Gasteiger partial charge in [-0.05, 0) is 13.0 Å². The van der Waals surface area contributed by atoms with Crippen molar-refractivity contribution in [2.45, 2.75) is 6.42 Å². The van der Waals surface area contributed by atoms with Gasteiger partial charge in [-0.1, -0.05) is 0 Å². The van der Waals surface area contributed by atoms with Crippen molar-refractivity contribution in [1.82, 2.24) is 9.88 Å². The van der Waals surface area contributed by atoms with Crippen LogP contribution < -0.4 is 4.90 Å². The molecule has 0 aliphatic carbocycles. The summed E-state index contributed by atoms with van der Waals surface area (Å²) in [5, 5.41) is 8.90. The number of β-amino-alcohol motifs (C(OH)–C–C–N with tert-alkyl or cyclic N) is 1. The van der Waals surface area contributed by atoms with E-state index < -0.39 is 11.6 Å². The lowest BCUT2D eigenvalue weighted by Gasteiger charge is -2.22. The van der Waals surface area contributed by atoms with Crippen molar-refractivity contribution >= 4 is 5.82 Å². The van der Waals surface area contributed by atoms with Gasteiger partial charge in [0.05, 0.1) is 12.8 Å². The molecular formula is C12H17F2N3O. The standard InChI is InChI=1S/C12H17F2N3O/c13-10-8-11(14)12(15-9-10)17-3-1-2-16(4-5-17)6-7-18/h8-9,18H,1-7H2. The van der Waals surface area contributed by atoms with E-state index in [0.717, 1.165) is 31.8 Å². The molecule has 6 heteroatoms. The van der Waals surface area contributed by atoms with E-state index in [4.69, 9.17) is 5.11 Å². The number of hydrogen-bond acceptors (Lipinski definition) is 4. The highest BCUT2D eigenvalue weighted by Crippen LogP contribution is 2.18. The highest BCUT2D eigenvalue weighted by molar-refractivity contribution is 5.40. The number of aliphatic hydroxyl groups is 1. The van der Waals surface area contributed by atoms with E-state index in [9.17, 15) is 8.78 Å². The molecule has 1 aliphatic rings. The summed E-state index contributed by atoms with van der Waals surface area (Å²) < 4.78 is 26.4. The second-order valence-corrected chi connectivity index (χ2v) is 4.36. The summed E-state index contributed by atoms with van der Waals surface area (Å²) >= 11 is 0. The lowest BCUT2D eigenvalue weighted by molar-refractivity contribution is 0.204. The fourth-order valence-electron chi connectivity index (χ4n) is 2.19. The van der Waals surface area contributed by atoms with Crippen molar-refractivity contribution in [2.24, 2.45) is 0 Å². The molecule has 1 saturated heterocycles. The van der Waals surface area contributed by atoms with Crippen molar-refractivity contribution in [1.29, 1.82) is 0 Å². The second kappa shape index (κ2) is 6.06. The minimum atomic E-state index is -0.659. The molecule has 0 amide bonds. The summed E-state index contributed by atoms with van der Waals surface area (Å²) in [5.41, 5.74) is 0. The molecule has 1 fully saturated rings. The Hall–Kier alpha value is -1.27. The maximum absolute atomic E-state index is 13.6. The molecule has 0 saturated carbocycles. The molecule has 0 bridgehead atoms. The maximum atomic E-state index is 13.6. The molecule has 0 radical (unpaired) electrons. The Morgan fingerprint density at radius 3 is 2.78 bits per heavy atom. The summed E-state index contributed by atoms with van der Waals surface area (Å²) in [5.74, 6) is -1.07. The van der Waals surface area contributed by atoms with Crippen LogP contribution in [0.15, 0.2) is 12.3 Å². The summed E-state index contributed by atoms with van der Waals surface area (Å²) in [6.07, 6.45) is 1.91. The van der Waals surface area contributed by atoms with E-state index in [-0.39, 0.29) is 12.4 Å². The van der Waals surface area contributed by atoms with Crippen LogP contribution in [0.2, 0.25) is 0 Å². The number of halogens is 2. The molecule has 0 unspecified atom stereocenters. The number of anilines is 1. The first-order chi connectivity index (χ1) is 8.70. The number of rotatable bonds is 3. The zero-order chi connectivity index (χ0) is 13.0. The molecule has 100 valence electrons. The molecule has 1 N–H and O–H groups in total. The van der Waals surface area contributed by atoms with Crippen LogP contribution in [0.5, 0.6) is 0 Å². The van der Waals surface area contributed by atoms with Gasteiger partial charge < -0.3 is 10.0 Å². The predicted octanol–water partition coefficient (Wildman–Crippen LogP) is 0.864. The van der Waals surface area contributed by atoms with E-state index >= 15 is 0 Å². The number of aromatic nitrogens is 1. The van der Waals surface area contributed by atoms with Gasteiger partial charge in [-0.25, -0.2) is 13.8 Å². The molecular weight excluding hydrogens is 240 g/mol. The zero-order valence-corrected chi connectivity index (χ0v) is 10.1. The Bertz CT molecular complexity index is 403. The van der Waals surface area contributed by atoms with Crippen LogP contribution in [0.4, 0.5) is 14.6 Å². The van der Waals surface area contributed by atoms with Gasteiger partial charge in [-0.2, -0.15) is 0 Å². The highest BCUT2D eigenvalue weighted by atomic mass is 19.1. The van der Waals surface area contributed by atoms with E-state index in [1.54, 1.807) is 0 Å². The quantitative estimate of drug-likeness (QED) is 0.872. The average Bonchev–Trinajstić information content (AvgIpc) is 2.55. The third-order valence-electron chi connectivity index (χ3n) is 3.09. The van der Waals surface area contributed by atoms with Crippen molar-refractivity contribution < 1.29 is 13.9 Å². The Morgan fingerprint density at radius 1 is 1.22 bits per heavy atom. The van der Waals surface area contributed by atoms with Gasteiger partial charge in [0.2, 0.25) is 0 Å². The molecule has 0 atom stereocenters. The number of aliphatic hydroxyl groups excluding tert-OH is 1. The molecule has 1 aromatic heterocycles. The SMILES string of the molecule is OCCN1CCCN(c2ncc(F)cc2F)CC1. The largest absolute Gasteiger partial charge is 0.395 e. The topological polar surface area (TPSA) is 39.6 Å². The monoisotopic (exact) mass is 257 g/mol. The second-order valence-electron chi connectivity index (χ2n) is 4.36. The van der Waals surface area contributed by atoms with E-state index in [0.29, 0.717) is 19.6 Å². The summed E-state index contributed by atoms with van der Waals surface area (Å²) in [4.78, 5) is 7.77. The predicted molar refractivity (Wildman–Crippen MR) is 64.5 cm³/mol. The van der Waals surface area contributed by atoms with Crippen molar-refractivity contribution in [3.05, 3.63) is 23.9 Å². The summed E-state index contributed by atoms with van der Waals surface area (Å²) in [6, 6.07) is 0.860. The first kappa shape index (κ1) is 13.2. The highest BCUT2D eigenvalue weighted by Gasteiger charge is 2.18. The third kappa shape index (κ3) is 3.14. The summed E-state index contributed by atoms with van der Waals surface area (Å²) in [7, 11) is 0. The molecule has 1 aromatic rings.